The van der Waals surface area contributed by atoms with Gasteiger partial charge in [0, 0.05) is 6.92 Å². The smallest absolute Gasteiger partial charge is 0.217 e. The Morgan fingerprint density at radius 2 is 1.22 bits per heavy atom. The van der Waals surface area contributed by atoms with E-state index >= 15 is 0 Å². The third-order valence-electron chi connectivity index (χ3n) is 6.48. The van der Waals surface area contributed by atoms with E-state index in [1.807, 2.05) is 0 Å². The summed E-state index contributed by atoms with van der Waals surface area (Å²) < 4.78 is 27.0. The van der Waals surface area contributed by atoms with Gasteiger partial charge >= 0.3 is 0 Å². The van der Waals surface area contributed by atoms with Gasteiger partial charge in [-0.05, 0) is 0 Å². The number of ether oxygens (including phenoxy) is 5. The predicted octanol–water partition coefficient (Wildman–Crippen LogP) is -7.43. The van der Waals surface area contributed by atoms with Crippen LogP contribution in [-0.2, 0) is 28.5 Å². The van der Waals surface area contributed by atoms with Crippen LogP contribution in [0.15, 0.2) is 0 Å². The number of amides is 1. The van der Waals surface area contributed by atoms with Crippen molar-refractivity contribution in [3.05, 3.63) is 0 Å². The number of aliphatic hydroxyl groups is 10. The topological polar surface area (TPSA) is 278 Å². The molecule has 3 rings (SSSR count). The van der Waals surface area contributed by atoms with Gasteiger partial charge in [-0.2, -0.15) is 0 Å². The fourth-order valence-corrected chi connectivity index (χ4v) is 4.36. The molecular formula is C20H35NO16. The normalized spacial score (nSPS) is 49.0. The molecule has 0 spiro atoms. The van der Waals surface area contributed by atoms with E-state index in [9.17, 15) is 55.9 Å². The monoisotopic (exact) mass is 545 g/mol. The lowest BCUT2D eigenvalue weighted by atomic mass is 9.95. The van der Waals surface area contributed by atoms with Crippen LogP contribution in [0.5, 0.6) is 0 Å². The summed E-state index contributed by atoms with van der Waals surface area (Å²) in [7, 11) is 0. The van der Waals surface area contributed by atoms with Gasteiger partial charge in [0.2, 0.25) is 5.91 Å². The molecule has 3 aliphatic rings. The highest BCUT2D eigenvalue weighted by molar-refractivity contribution is 5.73. The molecule has 0 bridgehead atoms. The van der Waals surface area contributed by atoms with E-state index in [4.69, 9.17) is 23.7 Å². The second kappa shape index (κ2) is 12.8. The number of aliphatic hydroxyl groups excluding tert-OH is 10. The van der Waals surface area contributed by atoms with Gasteiger partial charge in [0.1, 0.15) is 73.2 Å². The van der Waals surface area contributed by atoms with Gasteiger partial charge in [-0.25, -0.2) is 0 Å². The standard InChI is InChI=1S/C20H35NO16/c1-5(24)21-9-12(27)17(37-20-16(31)14(29)11(26)7(3-23)36-20)8(34-18(9)32)4-33-19-15(30)13(28)10(25)6(2-22)35-19/h6-20,22-23,25-32H,2-4H2,1H3,(H,21,24)/t6-,7-,8-,9-,10-,11-,12-,13+,14+,15+,16+,17-,18-,19+,20+/m1/s1. The zero-order valence-corrected chi connectivity index (χ0v) is 19.7. The van der Waals surface area contributed by atoms with E-state index < -0.39 is 118 Å². The molecule has 0 aromatic heterocycles. The second-order valence-corrected chi connectivity index (χ2v) is 9.11. The third-order valence-corrected chi connectivity index (χ3v) is 6.48. The number of hydrogen-bond acceptors (Lipinski definition) is 16. The fourth-order valence-electron chi connectivity index (χ4n) is 4.36. The average molecular weight is 545 g/mol. The molecule has 37 heavy (non-hydrogen) atoms. The lowest BCUT2D eigenvalue weighted by molar-refractivity contribution is -0.353. The van der Waals surface area contributed by atoms with Crippen molar-refractivity contribution < 1.29 is 79.5 Å². The summed E-state index contributed by atoms with van der Waals surface area (Å²) in [4.78, 5) is 11.6. The largest absolute Gasteiger partial charge is 0.394 e. The van der Waals surface area contributed by atoms with E-state index in [1.54, 1.807) is 0 Å². The van der Waals surface area contributed by atoms with Gasteiger partial charge in [0.05, 0.1) is 19.8 Å². The SMILES string of the molecule is CC(=O)N[C@@H]1[C@@H](O)[C@H](O[C@@H]2O[C@H](CO)[C@@H](O)[C@H](O)[C@@H]2O)[C@@H](CO[C@H]2O[C@H](CO)[C@@H](O)[C@H](O)[C@@H]2O)O[C@H]1O. The summed E-state index contributed by atoms with van der Waals surface area (Å²) in [6.45, 7) is -0.984. The van der Waals surface area contributed by atoms with Crippen LogP contribution in [0.1, 0.15) is 6.92 Å². The summed E-state index contributed by atoms with van der Waals surface area (Å²) in [5.74, 6) is -0.644. The minimum absolute atomic E-state index is 0.619. The van der Waals surface area contributed by atoms with E-state index in [-0.39, 0.29) is 0 Å². The molecule has 0 saturated carbocycles. The Balaban J connectivity index is 1.78. The van der Waals surface area contributed by atoms with Crippen molar-refractivity contribution in [3.63, 3.8) is 0 Å². The van der Waals surface area contributed by atoms with Gasteiger partial charge in [0.25, 0.3) is 0 Å². The van der Waals surface area contributed by atoms with Crippen LogP contribution in [0.4, 0.5) is 0 Å². The zero-order valence-electron chi connectivity index (χ0n) is 19.7. The lowest BCUT2D eigenvalue weighted by Crippen LogP contribution is -2.67. The van der Waals surface area contributed by atoms with Crippen molar-refractivity contribution in [1.82, 2.24) is 5.32 Å². The molecule has 1 amide bonds. The van der Waals surface area contributed by atoms with Crippen molar-refractivity contribution in [2.45, 2.75) is 99.0 Å². The lowest BCUT2D eigenvalue weighted by Gasteiger charge is -2.47. The summed E-state index contributed by atoms with van der Waals surface area (Å²) in [5, 5.41) is 103. The molecule has 0 unspecified atom stereocenters. The molecule has 3 fully saturated rings. The molecule has 15 atom stereocenters. The van der Waals surface area contributed by atoms with Crippen molar-refractivity contribution in [1.29, 1.82) is 0 Å². The van der Waals surface area contributed by atoms with Crippen molar-refractivity contribution in [2.24, 2.45) is 0 Å². The van der Waals surface area contributed by atoms with E-state index in [2.05, 4.69) is 5.32 Å². The molecule has 17 heteroatoms. The average Bonchev–Trinajstić information content (AvgIpc) is 2.86. The van der Waals surface area contributed by atoms with Gasteiger partial charge in [0.15, 0.2) is 18.9 Å². The highest BCUT2D eigenvalue weighted by atomic mass is 16.7. The van der Waals surface area contributed by atoms with Crippen LogP contribution >= 0.6 is 0 Å². The number of rotatable bonds is 8. The van der Waals surface area contributed by atoms with Crippen LogP contribution < -0.4 is 5.32 Å². The highest BCUT2D eigenvalue weighted by Crippen LogP contribution is 2.30. The van der Waals surface area contributed by atoms with Crippen LogP contribution in [0.3, 0.4) is 0 Å². The zero-order chi connectivity index (χ0) is 27.6. The van der Waals surface area contributed by atoms with Gasteiger partial charge in [-0.3, -0.25) is 4.79 Å². The molecular weight excluding hydrogens is 510 g/mol. The summed E-state index contributed by atoms with van der Waals surface area (Å²) in [6.07, 6.45) is -23.0. The van der Waals surface area contributed by atoms with Crippen LogP contribution in [0.25, 0.3) is 0 Å². The summed E-state index contributed by atoms with van der Waals surface area (Å²) in [5.41, 5.74) is 0. The minimum atomic E-state index is -1.86. The van der Waals surface area contributed by atoms with Crippen molar-refractivity contribution >= 4 is 5.91 Å². The number of nitrogens with one attached hydrogen (secondary N) is 1. The van der Waals surface area contributed by atoms with Gasteiger partial charge in [-0.1, -0.05) is 0 Å². The molecule has 3 heterocycles. The van der Waals surface area contributed by atoms with Crippen molar-refractivity contribution in [2.75, 3.05) is 19.8 Å². The Morgan fingerprint density at radius 1 is 0.703 bits per heavy atom. The third kappa shape index (κ3) is 6.55. The number of carbonyl (C=O) groups excluding carboxylic acids is 1. The molecule has 3 aliphatic heterocycles. The quantitative estimate of drug-likeness (QED) is 0.135. The first kappa shape index (κ1) is 30.4. The molecule has 11 N–H and O–H groups in total. The highest BCUT2D eigenvalue weighted by Gasteiger charge is 2.52. The Bertz CT molecular complexity index is 743. The molecule has 0 aromatic carbocycles. The first-order valence-electron chi connectivity index (χ1n) is 11.6. The Hall–Kier alpha value is -1.13. The molecule has 3 saturated heterocycles. The maximum Gasteiger partial charge on any atom is 0.217 e. The van der Waals surface area contributed by atoms with E-state index in [1.165, 1.54) is 0 Å². The summed E-state index contributed by atoms with van der Waals surface area (Å²) >= 11 is 0. The second-order valence-electron chi connectivity index (χ2n) is 9.11. The van der Waals surface area contributed by atoms with Crippen LogP contribution in [0.2, 0.25) is 0 Å². The Kier molecular flexibility index (Phi) is 10.5. The first-order chi connectivity index (χ1) is 17.4. The van der Waals surface area contributed by atoms with Crippen LogP contribution in [-0.4, -0.2) is 169 Å². The number of carbonyl (C=O) groups is 1. The maximum absolute atomic E-state index is 11.6. The van der Waals surface area contributed by atoms with E-state index in [0.717, 1.165) is 6.92 Å². The fraction of sp³-hybridized carbons (Fsp3) is 0.950. The minimum Gasteiger partial charge on any atom is -0.394 e. The maximum atomic E-state index is 11.6. The Labute approximate surface area is 210 Å². The van der Waals surface area contributed by atoms with Crippen LogP contribution in [0, 0.1) is 0 Å². The van der Waals surface area contributed by atoms with Gasteiger partial charge < -0.3 is 80.1 Å². The molecule has 0 aromatic rings. The molecule has 17 nitrogen and oxygen atoms in total. The molecule has 0 aliphatic carbocycles. The van der Waals surface area contributed by atoms with Crippen molar-refractivity contribution in [3.8, 4) is 0 Å². The first-order valence-corrected chi connectivity index (χ1v) is 11.6. The molecule has 0 radical (unpaired) electrons. The Morgan fingerprint density at radius 3 is 1.73 bits per heavy atom. The van der Waals surface area contributed by atoms with E-state index in [0.29, 0.717) is 0 Å². The molecule has 216 valence electrons. The van der Waals surface area contributed by atoms with Gasteiger partial charge in [-0.15, -0.1) is 0 Å². The summed E-state index contributed by atoms with van der Waals surface area (Å²) in [6, 6.07) is -1.43. The number of hydrogen-bond donors (Lipinski definition) is 11. The predicted molar refractivity (Wildman–Crippen MR) is 113 cm³/mol.